The van der Waals surface area contributed by atoms with Gasteiger partial charge in [0.2, 0.25) is 0 Å². The molecule has 1 aromatic rings. The quantitative estimate of drug-likeness (QED) is 0.897. The van der Waals surface area contributed by atoms with Gasteiger partial charge in [-0.05, 0) is 48.9 Å². The number of hydrogen-bond acceptors (Lipinski definition) is 3. The van der Waals surface area contributed by atoms with E-state index in [9.17, 15) is 8.42 Å². The van der Waals surface area contributed by atoms with Crippen LogP contribution in [0.5, 0.6) is 0 Å². The number of nitrogens with one attached hydrogen (secondary N) is 1. The Morgan fingerprint density at radius 2 is 2.11 bits per heavy atom. The van der Waals surface area contributed by atoms with Crippen LogP contribution in [-0.4, -0.2) is 26.0 Å². The van der Waals surface area contributed by atoms with Crippen LogP contribution in [0.15, 0.2) is 22.7 Å². The summed E-state index contributed by atoms with van der Waals surface area (Å²) >= 11 is 3.50. The highest BCUT2D eigenvalue weighted by atomic mass is 79.9. The molecule has 2 unspecified atom stereocenters. The second kappa shape index (κ2) is 5.19. The normalized spacial score (nSPS) is 29.1. The third kappa shape index (κ3) is 3.03. The minimum atomic E-state index is -2.83. The highest BCUT2D eigenvalue weighted by molar-refractivity contribution is 9.10. The zero-order valence-electron chi connectivity index (χ0n) is 10.7. The molecular weight excluding hydrogens is 326 g/mol. The molecule has 3 rings (SSSR count). The van der Waals surface area contributed by atoms with Gasteiger partial charge in [-0.15, -0.1) is 0 Å². The van der Waals surface area contributed by atoms with E-state index in [0.29, 0.717) is 17.5 Å². The van der Waals surface area contributed by atoms with E-state index in [0.717, 1.165) is 30.2 Å². The van der Waals surface area contributed by atoms with Crippen LogP contribution >= 0.6 is 15.9 Å². The van der Waals surface area contributed by atoms with Crippen molar-refractivity contribution in [3.8, 4) is 0 Å². The van der Waals surface area contributed by atoms with Gasteiger partial charge in [0.1, 0.15) is 0 Å². The molecule has 1 aromatic carbocycles. The maximum atomic E-state index is 11.7. The predicted octanol–water partition coefficient (Wildman–Crippen LogP) is 2.60. The topological polar surface area (TPSA) is 46.2 Å². The summed E-state index contributed by atoms with van der Waals surface area (Å²) in [6, 6.07) is 6.84. The summed E-state index contributed by atoms with van der Waals surface area (Å²) in [5.74, 6) is 0.661. The molecule has 0 radical (unpaired) electrons. The van der Waals surface area contributed by atoms with Gasteiger partial charge < -0.3 is 5.32 Å². The molecule has 19 heavy (non-hydrogen) atoms. The van der Waals surface area contributed by atoms with Crippen LogP contribution in [0.4, 0.5) is 0 Å². The van der Waals surface area contributed by atoms with Gasteiger partial charge in [-0.1, -0.05) is 22.0 Å². The lowest BCUT2D eigenvalue weighted by molar-refractivity contribution is 0.419. The lowest BCUT2D eigenvalue weighted by atomic mass is 10.1. The summed E-state index contributed by atoms with van der Waals surface area (Å²) in [5, 5.41) is 3.55. The summed E-state index contributed by atoms with van der Waals surface area (Å²) in [6.45, 7) is 0. The van der Waals surface area contributed by atoms with Crippen molar-refractivity contribution in [3.63, 3.8) is 0 Å². The van der Waals surface area contributed by atoms with Crippen LogP contribution < -0.4 is 5.32 Å². The smallest absolute Gasteiger partial charge is 0.151 e. The van der Waals surface area contributed by atoms with Crippen molar-refractivity contribution in [2.75, 3.05) is 11.5 Å². The van der Waals surface area contributed by atoms with Crippen molar-refractivity contribution in [1.29, 1.82) is 0 Å². The minimum absolute atomic E-state index is 0.123. The fourth-order valence-electron chi connectivity index (χ4n) is 3.20. The van der Waals surface area contributed by atoms with E-state index in [1.807, 2.05) is 0 Å². The molecule has 0 saturated carbocycles. The average molecular weight is 344 g/mol. The zero-order chi connectivity index (χ0) is 13.5. The standard InChI is InChI=1S/C14H18BrNO2S/c15-11-4-5-13-10(8-11)3-6-14(13)16-12-2-1-7-19(17,18)9-12/h4-5,8,12,14,16H,1-3,6-7,9H2. The molecule has 5 heteroatoms. The number of hydrogen-bond donors (Lipinski definition) is 1. The largest absolute Gasteiger partial charge is 0.306 e. The highest BCUT2D eigenvalue weighted by Gasteiger charge is 2.29. The highest BCUT2D eigenvalue weighted by Crippen LogP contribution is 2.33. The van der Waals surface area contributed by atoms with Crippen LogP contribution in [-0.2, 0) is 16.3 Å². The molecule has 3 nitrogen and oxygen atoms in total. The van der Waals surface area contributed by atoms with Gasteiger partial charge >= 0.3 is 0 Å². The molecule has 1 aliphatic carbocycles. The third-order valence-corrected chi connectivity index (χ3v) is 6.40. The Labute approximate surface area is 122 Å². The Morgan fingerprint density at radius 1 is 1.26 bits per heavy atom. The molecule has 104 valence electrons. The van der Waals surface area contributed by atoms with Crippen LogP contribution in [0, 0.1) is 0 Å². The van der Waals surface area contributed by atoms with E-state index >= 15 is 0 Å². The molecule has 2 atom stereocenters. The third-order valence-electron chi connectivity index (χ3n) is 4.08. The van der Waals surface area contributed by atoms with Crippen molar-refractivity contribution in [2.24, 2.45) is 0 Å². The molecule has 1 saturated heterocycles. The van der Waals surface area contributed by atoms with Gasteiger partial charge in [-0.25, -0.2) is 8.42 Å². The molecule has 0 amide bonds. The monoisotopic (exact) mass is 343 g/mol. The fourth-order valence-corrected chi connectivity index (χ4v) is 5.26. The van der Waals surface area contributed by atoms with Crippen LogP contribution in [0.25, 0.3) is 0 Å². The van der Waals surface area contributed by atoms with E-state index in [-0.39, 0.29) is 6.04 Å². The first-order valence-electron chi connectivity index (χ1n) is 6.78. The van der Waals surface area contributed by atoms with Gasteiger partial charge in [-0.2, -0.15) is 0 Å². The Balaban J connectivity index is 1.73. The second-order valence-corrected chi connectivity index (χ2v) is 8.70. The Bertz CT molecular complexity index is 585. The number of benzene rings is 1. The van der Waals surface area contributed by atoms with Crippen LogP contribution in [0.1, 0.15) is 36.4 Å². The summed E-state index contributed by atoms with van der Waals surface area (Å²) in [4.78, 5) is 0. The maximum absolute atomic E-state index is 11.7. The van der Waals surface area contributed by atoms with Crippen molar-refractivity contribution >= 4 is 25.8 Å². The maximum Gasteiger partial charge on any atom is 0.151 e. The van der Waals surface area contributed by atoms with Crippen molar-refractivity contribution in [2.45, 2.75) is 37.8 Å². The summed E-state index contributed by atoms with van der Waals surface area (Å²) in [5.41, 5.74) is 2.72. The SMILES string of the molecule is O=S1(=O)CCCC(NC2CCc3cc(Br)ccc32)C1. The first-order valence-corrected chi connectivity index (χ1v) is 9.40. The van der Waals surface area contributed by atoms with E-state index in [1.165, 1.54) is 11.1 Å². The first-order chi connectivity index (χ1) is 9.03. The summed E-state index contributed by atoms with van der Waals surface area (Å²) in [6.07, 6.45) is 3.91. The molecular formula is C14H18BrNO2S. The zero-order valence-corrected chi connectivity index (χ0v) is 13.1. The number of halogens is 1. The minimum Gasteiger partial charge on any atom is -0.306 e. The van der Waals surface area contributed by atoms with E-state index < -0.39 is 9.84 Å². The van der Waals surface area contributed by atoms with Gasteiger partial charge in [-0.3, -0.25) is 0 Å². The average Bonchev–Trinajstić information content (AvgIpc) is 2.70. The van der Waals surface area contributed by atoms with Gasteiger partial charge in [0.15, 0.2) is 9.84 Å². The summed E-state index contributed by atoms with van der Waals surface area (Å²) in [7, 11) is -2.83. The summed E-state index contributed by atoms with van der Waals surface area (Å²) < 4.78 is 24.5. The van der Waals surface area contributed by atoms with Crippen molar-refractivity contribution in [1.82, 2.24) is 5.32 Å². The fraction of sp³-hybridized carbons (Fsp3) is 0.571. The van der Waals surface area contributed by atoms with E-state index in [1.54, 1.807) is 0 Å². The van der Waals surface area contributed by atoms with Crippen LogP contribution in [0.2, 0.25) is 0 Å². The number of aryl methyl sites for hydroxylation is 1. The van der Waals surface area contributed by atoms with Crippen molar-refractivity contribution in [3.05, 3.63) is 33.8 Å². The Hall–Kier alpha value is -0.390. The molecule has 1 heterocycles. The van der Waals surface area contributed by atoms with Gasteiger partial charge in [0.05, 0.1) is 11.5 Å². The molecule has 0 aromatic heterocycles. The number of fused-ring (bicyclic) bond motifs is 1. The van der Waals surface area contributed by atoms with E-state index in [4.69, 9.17) is 0 Å². The lowest BCUT2D eigenvalue weighted by Crippen LogP contribution is -2.41. The second-order valence-electron chi connectivity index (χ2n) is 5.55. The lowest BCUT2D eigenvalue weighted by Gasteiger charge is -2.27. The first kappa shape index (κ1) is 13.6. The van der Waals surface area contributed by atoms with Gasteiger partial charge in [0, 0.05) is 16.6 Å². The molecule has 0 spiro atoms. The van der Waals surface area contributed by atoms with Gasteiger partial charge in [0.25, 0.3) is 0 Å². The van der Waals surface area contributed by atoms with Crippen LogP contribution in [0.3, 0.4) is 0 Å². The molecule has 2 aliphatic rings. The Morgan fingerprint density at radius 3 is 2.89 bits per heavy atom. The van der Waals surface area contributed by atoms with E-state index in [2.05, 4.69) is 39.4 Å². The predicted molar refractivity (Wildman–Crippen MR) is 80.0 cm³/mol. The number of rotatable bonds is 2. The molecule has 1 fully saturated rings. The molecule has 1 aliphatic heterocycles. The number of sulfone groups is 1. The molecule has 1 N–H and O–H groups in total. The van der Waals surface area contributed by atoms with Crippen molar-refractivity contribution < 1.29 is 8.42 Å². The molecule has 0 bridgehead atoms. The Kier molecular flexibility index (Phi) is 3.71.